The Morgan fingerprint density at radius 2 is 1.93 bits per heavy atom. The van der Waals surface area contributed by atoms with Gasteiger partial charge in [-0.1, -0.05) is 37.5 Å². The Hall–Kier alpha value is -2.24. The second-order valence-electron chi connectivity index (χ2n) is 8.36. The molecule has 0 spiro atoms. The van der Waals surface area contributed by atoms with Gasteiger partial charge in [0.25, 0.3) is 0 Å². The van der Waals surface area contributed by atoms with E-state index in [-0.39, 0.29) is 5.92 Å². The van der Waals surface area contributed by atoms with Gasteiger partial charge in [0.05, 0.1) is 0 Å². The van der Waals surface area contributed by atoms with Gasteiger partial charge in [0, 0.05) is 57.9 Å². The summed E-state index contributed by atoms with van der Waals surface area (Å²) in [4.78, 5) is 21.4. The third kappa shape index (κ3) is 6.38. The smallest absolute Gasteiger partial charge is 0.225 e. The number of carbonyl (C=O) groups excluding carboxylic acids is 1. The second-order valence-corrected chi connectivity index (χ2v) is 8.36. The summed E-state index contributed by atoms with van der Waals surface area (Å²) < 4.78 is 0. The van der Waals surface area contributed by atoms with Crippen LogP contribution < -0.4 is 15.5 Å². The first kappa shape index (κ1) is 21.5. The Balaban J connectivity index is 1.35. The van der Waals surface area contributed by atoms with Gasteiger partial charge in [-0.15, -0.1) is 0 Å². The van der Waals surface area contributed by atoms with Gasteiger partial charge < -0.3 is 20.4 Å². The molecule has 2 aliphatic rings. The van der Waals surface area contributed by atoms with Crippen molar-refractivity contribution in [2.24, 2.45) is 10.9 Å². The normalized spacial score (nSPS) is 20.6. The first-order valence-corrected chi connectivity index (χ1v) is 11.2. The predicted octanol–water partition coefficient (Wildman–Crippen LogP) is 2.86. The molecule has 1 amide bonds. The molecule has 29 heavy (non-hydrogen) atoms. The highest BCUT2D eigenvalue weighted by atomic mass is 16.2. The van der Waals surface area contributed by atoms with Gasteiger partial charge in [0.1, 0.15) is 0 Å². The van der Waals surface area contributed by atoms with Gasteiger partial charge >= 0.3 is 0 Å². The van der Waals surface area contributed by atoms with Crippen LogP contribution in [0.1, 0.15) is 44.9 Å². The van der Waals surface area contributed by atoms with Crippen LogP contribution in [0, 0.1) is 5.92 Å². The average molecular weight is 400 g/mol. The number of guanidine groups is 1. The summed E-state index contributed by atoms with van der Waals surface area (Å²) in [5.74, 6) is 1.48. The van der Waals surface area contributed by atoms with Crippen molar-refractivity contribution in [2.75, 3.05) is 45.2 Å². The van der Waals surface area contributed by atoms with E-state index in [1.807, 2.05) is 13.1 Å². The van der Waals surface area contributed by atoms with Gasteiger partial charge in [-0.2, -0.15) is 0 Å². The van der Waals surface area contributed by atoms with E-state index in [9.17, 15) is 4.79 Å². The molecule has 0 radical (unpaired) electrons. The number of carbonyl (C=O) groups is 1. The fraction of sp³-hybridized carbons (Fsp3) is 0.652. The largest absolute Gasteiger partial charge is 0.375 e. The summed E-state index contributed by atoms with van der Waals surface area (Å²) >= 11 is 0. The number of nitrogens with one attached hydrogen (secondary N) is 2. The Kier molecular flexibility index (Phi) is 8.20. The SMILES string of the molecule is CN=C(NCCCN(C)c1ccccc1)NC1CCN(C(=O)C2CCCCC2)C1. The van der Waals surface area contributed by atoms with Crippen LogP contribution in [0.5, 0.6) is 0 Å². The van der Waals surface area contributed by atoms with E-state index < -0.39 is 0 Å². The zero-order chi connectivity index (χ0) is 20.5. The first-order chi connectivity index (χ1) is 14.2. The van der Waals surface area contributed by atoms with Gasteiger partial charge in [-0.05, 0) is 37.8 Å². The zero-order valence-electron chi connectivity index (χ0n) is 18.1. The number of rotatable bonds is 7. The standard InChI is InChI=1S/C23H37N5O/c1-24-23(25-15-9-16-27(2)21-12-7-4-8-13-21)26-20-14-17-28(18-20)22(29)19-10-5-3-6-11-19/h4,7-8,12-13,19-20H,3,5-6,9-11,14-18H2,1-2H3,(H2,24,25,26). The van der Waals surface area contributed by atoms with E-state index in [1.54, 1.807) is 0 Å². The fourth-order valence-electron chi connectivity index (χ4n) is 4.41. The summed E-state index contributed by atoms with van der Waals surface area (Å²) in [6, 6.07) is 10.7. The van der Waals surface area contributed by atoms with Crippen molar-refractivity contribution in [2.45, 2.75) is 51.0 Å². The molecular formula is C23H37N5O. The average Bonchev–Trinajstić information content (AvgIpc) is 3.24. The van der Waals surface area contributed by atoms with Crippen molar-refractivity contribution in [1.82, 2.24) is 15.5 Å². The number of para-hydroxylation sites is 1. The van der Waals surface area contributed by atoms with Crippen molar-refractivity contribution in [3.63, 3.8) is 0 Å². The minimum atomic E-state index is 0.265. The van der Waals surface area contributed by atoms with Crippen molar-refractivity contribution in [3.05, 3.63) is 30.3 Å². The third-order valence-corrected chi connectivity index (χ3v) is 6.18. The summed E-state index contributed by atoms with van der Waals surface area (Å²) in [7, 11) is 3.93. The van der Waals surface area contributed by atoms with Crippen LogP contribution in [0.2, 0.25) is 0 Å². The van der Waals surface area contributed by atoms with E-state index >= 15 is 0 Å². The Morgan fingerprint density at radius 1 is 1.17 bits per heavy atom. The molecule has 0 aromatic heterocycles. The number of hydrogen-bond donors (Lipinski definition) is 2. The number of amides is 1. The van der Waals surface area contributed by atoms with Crippen LogP contribution in [0.25, 0.3) is 0 Å². The molecule has 1 aliphatic heterocycles. The fourth-order valence-corrected chi connectivity index (χ4v) is 4.41. The minimum absolute atomic E-state index is 0.265. The molecule has 2 fully saturated rings. The molecule has 1 aromatic rings. The van der Waals surface area contributed by atoms with Crippen LogP contribution in [0.4, 0.5) is 5.69 Å². The van der Waals surface area contributed by atoms with Crippen molar-refractivity contribution in [3.8, 4) is 0 Å². The van der Waals surface area contributed by atoms with Crippen LogP contribution in [-0.2, 0) is 4.79 Å². The third-order valence-electron chi connectivity index (χ3n) is 6.18. The lowest BCUT2D eigenvalue weighted by Gasteiger charge is -2.26. The molecule has 1 aliphatic carbocycles. The lowest BCUT2D eigenvalue weighted by atomic mass is 9.88. The molecule has 0 bridgehead atoms. The van der Waals surface area contributed by atoms with Crippen LogP contribution in [-0.4, -0.2) is 63.1 Å². The molecule has 1 atom stereocenters. The number of likely N-dealkylation sites (tertiary alicyclic amines) is 1. The van der Waals surface area contributed by atoms with Crippen molar-refractivity contribution in [1.29, 1.82) is 0 Å². The highest BCUT2D eigenvalue weighted by Crippen LogP contribution is 2.26. The monoisotopic (exact) mass is 399 g/mol. The lowest BCUT2D eigenvalue weighted by molar-refractivity contribution is -0.135. The molecule has 1 unspecified atom stereocenters. The first-order valence-electron chi connectivity index (χ1n) is 11.2. The number of benzene rings is 1. The molecule has 160 valence electrons. The second kappa shape index (κ2) is 11.1. The van der Waals surface area contributed by atoms with Gasteiger partial charge in [-0.25, -0.2) is 0 Å². The number of nitrogens with zero attached hydrogens (tertiary/aromatic N) is 3. The van der Waals surface area contributed by atoms with Crippen LogP contribution in [0.15, 0.2) is 35.3 Å². The Bertz CT molecular complexity index is 656. The van der Waals surface area contributed by atoms with E-state index in [1.165, 1.54) is 24.9 Å². The maximum Gasteiger partial charge on any atom is 0.225 e. The maximum atomic E-state index is 12.7. The Morgan fingerprint density at radius 3 is 2.66 bits per heavy atom. The number of aliphatic imine (C=N–C) groups is 1. The highest BCUT2D eigenvalue weighted by molar-refractivity contribution is 5.81. The number of anilines is 1. The topological polar surface area (TPSA) is 60.0 Å². The van der Waals surface area contributed by atoms with Crippen molar-refractivity contribution >= 4 is 17.6 Å². The zero-order valence-corrected chi connectivity index (χ0v) is 18.1. The van der Waals surface area contributed by atoms with Gasteiger partial charge in [0.2, 0.25) is 5.91 Å². The summed E-state index contributed by atoms with van der Waals surface area (Å²) in [5, 5.41) is 6.92. The highest BCUT2D eigenvalue weighted by Gasteiger charge is 2.31. The molecule has 3 rings (SSSR count). The molecular weight excluding hydrogens is 362 g/mol. The summed E-state index contributed by atoms with van der Waals surface area (Å²) in [6.07, 6.45) is 7.89. The molecule has 1 saturated carbocycles. The maximum absolute atomic E-state index is 12.7. The van der Waals surface area contributed by atoms with Crippen LogP contribution >= 0.6 is 0 Å². The molecule has 1 heterocycles. The minimum Gasteiger partial charge on any atom is -0.375 e. The summed E-state index contributed by atoms with van der Waals surface area (Å²) in [6.45, 7) is 3.52. The number of hydrogen-bond acceptors (Lipinski definition) is 3. The quantitative estimate of drug-likeness (QED) is 0.421. The van der Waals surface area contributed by atoms with E-state index in [2.05, 4.69) is 56.7 Å². The molecule has 1 aromatic carbocycles. The van der Waals surface area contributed by atoms with Crippen LogP contribution in [0.3, 0.4) is 0 Å². The molecule has 2 N–H and O–H groups in total. The lowest BCUT2D eigenvalue weighted by Crippen LogP contribution is -2.46. The Labute approximate surface area is 175 Å². The van der Waals surface area contributed by atoms with E-state index in [0.717, 1.165) is 57.8 Å². The van der Waals surface area contributed by atoms with E-state index in [0.29, 0.717) is 11.9 Å². The van der Waals surface area contributed by atoms with Crippen molar-refractivity contribution < 1.29 is 4.79 Å². The van der Waals surface area contributed by atoms with Gasteiger partial charge in [-0.3, -0.25) is 9.79 Å². The predicted molar refractivity (Wildman–Crippen MR) is 120 cm³/mol. The molecule has 6 heteroatoms. The van der Waals surface area contributed by atoms with E-state index in [4.69, 9.17) is 0 Å². The molecule has 6 nitrogen and oxygen atoms in total. The molecule has 1 saturated heterocycles. The van der Waals surface area contributed by atoms with Gasteiger partial charge in [0.15, 0.2) is 5.96 Å². The summed E-state index contributed by atoms with van der Waals surface area (Å²) in [5.41, 5.74) is 1.24.